The van der Waals surface area contributed by atoms with Gasteiger partial charge in [0.15, 0.2) is 6.10 Å². The first-order valence-electron chi connectivity index (χ1n) is 14.0. The van der Waals surface area contributed by atoms with Crippen molar-refractivity contribution in [1.82, 2.24) is 0 Å². The maximum absolute atomic E-state index is 13.3. The number of hydrogen-bond donors (Lipinski definition) is 0. The smallest absolute Gasteiger partial charge is 0.340 e. The maximum Gasteiger partial charge on any atom is 0.340 e. The second-order valence-electron chi connectivity index (χ2n) is 10.4. The minimum atomic E-state index is -1.42. The molecule has 5 rings (SSSR count). The topological polar surface area (TPSA) is 114 Å². The average Bonchev–Trinajstić information content (AvgIpc) is 3.33. The summed E-state index contributed by atoms with van der Waals surface area (Å²) in [5, 5.41) is 0. The van der Waals surface area contributed by atoms with Gasteiger partial charge in [0.1, 0.15) is 19.3 Å². The molecule has 0 aromatic heterocycles. The highest BCUT2D eigenvalue weighted by Gasteiger charge is 2.59. The summed E-state index contributed by atoms with van der Waals surface area (Å²) in [5.41, 5.74) is -0.189. The third-order valence-electron chi connectivity index (χ3n) is 7.31. The molecule has 1 aliphatic heterocycles. The summed E-state index contributed by atoms with van der Waals surface area (Å²) in [6, 6.07) is 33.3. The summed E-state index contributed by atoms with van der Waals surface area (Å²) >= 11 is 0. The van der Waals surface area contributed by atoms with E-state index in [4.69, 9.17) is 23.7 Å². The zero-order chi connectivity index (χ0) is 30.9. The normalized spacial score (nSPS) is 20.7. The molecule has 0 bridgehead atoms. The molecule has 4 atom stereocenters. The Labute approximate surface area is 254 Å². The first-order valence-corrected chi connectivity index (χ1v) is 14.0. The van der Waals surface area contributed by atoms with Crippen LogP contribution in [0.1, 0.15) is 48.4 Å². The van der Waals surface area contributed by atoms with Gasteiger partial charge in [-0.05, 0) is 55.5 Å². The van der Waals surface area contributed by atoms with Gasteiger partial charge in [-0.15, -0.1) is 0 Å². The van der Waals surface area contributed by atoms with Gasteiger partial charge in [-0.3, -0.25) is 0 Å². The summed E-state index contributed by atoms with van der Waals surface area (Å²) < 4.78 is 29.1. The van der Waals surface area contributed by atoms with Crippen LogP contribution in [0, 0.1) is 5.41 Å². The lowest BCUT2D eigenvalue weighted by molar-refractivity contribution is -0.141. The predicted octanol–water partition coefficient (Wildman–Crippen LogP) is 5.51. The molecule has 0 radical (unpaired) electrons. The molecule has 1 aliphatic rings. The third kappa shape index (κ3) is 7.02. The van der Waals surface area contributed by atoms with E-state index in [0.29, 0.717) is 11.1 Å². The van der Waals surface area contributed by atoms with Gasteiger partial charge in [-0.2, -0.15) is 0 Å². The van der Waals surface area contributed by atoms with Crippen LogP contribution in [0.2, 0.25) is 0 Å². The van der Waals surface area contributed by atoms with Gasteiger partial charge >= 0.3 is 23.9 Å². The Kier molecular flexibility index (Phi) is 9.46. The van der Waals surface area contributed by atoms with Crippen molar-refractivity contribution < 1.29 is 42.9 Å². The fourth-order valence-corrected chi connectivity index (χ4v) is 4.76. The lowest BCUT2D eigenvalue weighted by Gasteiger charge is -2.33. The minimum absolute atomic E-state index is 0.250. The standard InChI is InChI=1S/C35H30O9/c1-35(23-41-31(37)25-16-8-3-9-17-25)28(22-40-30(36)24-14-6-2-7-15-24)42-34(44-33(39)27-20-12-5-13-21-27)29(35)43-32(38)26-18-10-4-11-19-26/h2-21,28-29,34H,22-23H2,1H3/t28?,29-,34?,35-/m0/s1. The summed E-state index contributed by atoms with van der Waals surface area (Å²) in [7, 11) is 0. The van der Waals surface area contributed by atoms with Crippen LogP contribution in [0.15, 0.2) is 121 Å². The fraction of sp³-hybridized carbons (Fsp3) is 0.200. The van der Waals surface area contributed by atoms with Crippen LogP contribution in [-0.2, 0) is 23.7 Å². The van der Waals surface area contributed by atoms with Crippen molar-refractivity contribution in [2.24, 2.45) is 5.41 Å². The molecule has 0 amide bonds. The molecule has 44 heavy (non-hydrogen) atoms. The fourth-order valence-electron chi connectivity index (χ4n) is 4.76. The zero-order valence-corrected chi connectivity index (χ0v) is 23.9. The molecular formula is C35H30O9. The molecular weight excluding hydrogens is 564 g/mol. The van der Waals surface area contributed by atoms with E-state index in [9.17, 15) is 19.2 Å². The van der Waals surface area contributed by atoms with Crippen molar-refractivity contribution in [3.63, 3.8) is 0 Å². The molecule has 4 aromatic carbocycles. The Morgan fingerprint density at radius 1 is 0.568 bits per heavy atom. The van der Waals surface area contributed by atoms with Gasteiger partial charge in [0.05, 0.1) is 27.7 Å². The molecule has 224 valence electrons. The van der Waals surface area contributed by atoms with E-state index in [1.807, 2.05) is 0 Å². The highest BCUT2D eigenvalue weighted by molar-refractivity contribution is 5.91. The van der Waals surface area contributed by atoms with Crippen molar-refractivity contribution in [2.75, 3.05) is 13.2 Å². The van der Waals surface area contributed by atoms with E-state index in [0.717, 1.165) is 0 Å². The van der Waals surface area contributed by atoms with Gasteiger partial charge < -0.3 is 23.7 Å². The van der Waals surface area contributed by atoms with Crippen LogP contribution in [0.4, 0.5) is 0 Å². The van der Waals surface area contributed by atoms with Gasteiger partial charge in [0, 0.05) is 0 Å². The summed E-state index contributed by atoms with van der Waals surface area (Å²) in [6.45, 7) is 1.03. The molecule has 4 aromatic rings. The molecule has 1 saturated heterocycles. The highest BCUT2D eigenvalue weighted by atomic mass is 16.7. The van der Waals surface area contributed by atoms with Crippen LogP contribution in [-0.4, -0.2) is 55.6 Å². The van der Waals surface area contributed by atoms with Gasteiger partial charge in [-0.1, -0.05) is 72.8 Å². The van der Waals surface area contributed by atoms with Gasteiger partial charge in [-0.25, -0.2) is 19.2 Å². The van der Waals surface area contributed by atoms with Crippen molar-refractivity contribution >= 4 is 23.9 Å². The number of esters is 4. The molecule has 0 saturated carbocycles. The largest absolute Gasteiger partial charge is 0.461 e. The van der Waals surface area contributed by atoms with Crippen molar-refractivity contribution in [1.29, 1.82) is 0 Å². The second-order valence-corrected chi connectivity index (χ2v) is 10.4. The van der Waals surface area contributed by atoms with Crippen LogP contribution < -0.4 is 0 Å². The van der Waals surface area contributed by atoms with Crippen molar-refractivity contribution in [3.05, 3.63) is 144 Å². The highest BCUT2D eigenvalue weighted by Crippen LogP contribution is 2.43. The van der Waals surface area contributed by atoms with E-state index < -0.39 is 47.8 Å². The second kappa shape index (κ2) is 13.8. The Morgan fingerprint density at radius 2 is 0.955 bits per heavy atom. The van der Waals surface area contributed by atoms with Crippen LogP contribution in [0.3, 0.4) is 0 Å². The number of hydrogen-bond acceptors (Lipinski definition) is 9. The quantitative estimate of drug-likeness (QED) is 0.173. The molecule has 9 heteroatoms. The summed E-state index contributed by atoms with van der Waals surface area (Å²) in [6.07, 6.45) is -3.69. The molecule has 1 heterocycles. The number of rotatable bonds is 10. The summed E-state index contributed by atoms with van der Waals surface area (Å²) in [5.74, 6) is -2.66. The number of ether oxygens (including phenoxy) is 5. The average molecular weight is 595 g/mol. The van der Waals surface area contributed by atoms with E-state index in [1.54, 1.807) is 128 Å². The van der Waals surface area contributed by atoms with Crippen LogP contribution >= 0.6 is 0 Å². The monoisotopic (exact) mass is 594 g/mol. The Morgan fingerprint density at radius 3 is 1.41 bits per heavy atom. The molecule has 9 nitrogen and oxygen atoms in total. The number of carbonyl (C=O) groups excluding carboxylic acids is 4. The molecule has 1 fully saturated rings. The van der Waals surface area contributed by atoms with Crippen LogP contribution in [0.25, 0.3) is 0 Å². The Balaban J connectivity index is 1.45. The first-order chi connectivity index (χ1) is 21.3. The van der Waals surface area contributed by atoms with E-state index in [2.05, 4.69) is 0 Å². The maximum atomic E-state index is 13.3. The molecule has 2 unspecified atom stereocenters. The van der Waals surface area contributed by atoms with Crippen LogP contribution in [0.5, 0.6) is 0 Å². The van der Waals surface area contributed by atoms with E-state index >= 15 is 0 Å². The van der Waals surface area contributed by atoms with Gasteiger partial charge in [0.25, 0.3) is 0 Å². The van der Waals surface area contributed by atoms with Gasteiger partial charge in [0.2, 0.25) is 6.29 Å². The van der Waals surface area contributed by atoms with E-state index in [-0.39, 0.29) is 24.3 Å². The number of benzene rings is 4. The van der Waals surface area contributed by atoms with E-state index in [1.165, 1.54) is 0 Å². The Bertz CT molecular complexity index is 1580. The first kappa shape index (κ1) is 30.2. The predicted molar refractivity (Wildman–Crippen MR) is 158 cm³/mol. The summed E-state index contributed by atoms with van der Waals surface area (Å²) in [4.78, 5) is 52.2. The molecule has 0 spiro atoms. The van der Waals surface area contributed by atoms with Crippen molar-refractivity contribution in [3.8, 4) is 0 Å². The van der Waals surface area contributed by atoms with Crippen molar-refractivity contribution in [2.45, 2.75) is 25.4 Å². The Hall–Kier alpha value is -5.28. The molecule has 0 N–H and O–H groups in total. The SMILES string of the molecule is C[C@]1(COC(=O)c2ccccc2)C(COC(=O)c2ccccc2)OC(OC(=O)c2ccccc2)[C@@H]1OC(=O)c1ccccc1. The molecule has 0 aliphatic carbocycles. The minimum Gasteiger partial charge on any atom is -0.461 e. The zero-order valence-electron chi connectivity index (χ0n) is 23.9. The number of carbonyl (C=O) groups is 4. The third-order valence-corrected chi connectivity index (χ3v) is 7.31. The lowest BCUT2D eigenvalue weighted by Crippen LogP contribution is -2.47. The lowest BCUT2D eigenvalue weighted by atomic mass is 9.81.